The van der Waals surface area contributed by atoms with Crippen LogP contribution in [0.4, 0.5) is 4.39 Å². The first-order chi connectivity index (χ1) is 5.75. The molecule has 0 aliphatic carbocycles. The summed E-state index contributed by atoms with van der Waals surface area (Å²) in [6.07, 6.45) is 2.77. The molecule has 0 bridgehead atoms. The summed E-state index contributed by atoms with van der Waals surface area (Å²) in [5.41, 5.74) is 5.56. The highest BCUT2D eigenvalue weighted by atomic mass is 32.1. The number of nitrogens with zero attached hydrogens (tertiary/aromatic N) is 1. The molecule has 0 amide bonds. The Bertz CT molecular complexity index is 163. The molecule has 1 heterocycles. The van der Waals surface area contributed by atoms with E-state index in [-0.39, 0.29) is 12.7 Å². The molecule has 2 nitrogen and oxygen atoms in total. The molecule has 0 aromatic carbocycles. The zero-order valence-electron chi connectivity index (χ0n) is 7.13. The van der Waals surface area contributed by atoms with E-state index in [9.17, 15) is 4.39 Å². The smallest absolute Gasteiger partial charge is 0.0906 e. The molecule has 0 aromatic heterocycles. The molecule has 1 aliphatic rings. The Morgan fingerprint density at radius 1 is 1.67 bits per heavy atom. The molecule has 70 valence electrons. The predicted octanol–water partition coefficient (Wildman–Crippen LogP) is 1.10. The topological polar surface area (TPSA) is 29.3 Å². The van der Waals surface area contributed by atoms with Gasteiger partial charge in [-0.15, -0.1) is 0 Å². The van der Waals surface area contributed by atoms with E-state index in [1.165, 1.54) is 0 Å². The largest absolute Gasteiger partial charge is 0.392 e. The minimum atomic E-state index is -0.249. The van der Waals surface area contributed by atoms with Gasteiger partial charge in [0.25, 0.3) is 0 Å². The Kier molecular flexibility index (Phi) is 3.88. The molecule has 1 saturated heterocycles. The Balaban J connectivity index is 2.35. The average molecular weight is 190 g/mol. The molecule has 0 radical (unpaired) electrons. The zero-order valence-corrected chi connectivity index (χ0v) is 7.95. The lowest BCUT2D eigenvalue weighted by Gasteiger charge is -2.22. The van der Waals surface area contributed by atoms with Crippen molar-refractivity contribution in [2.24, 2.45) is 5.73 Å². The lowest BCUT2D eigenvalue weighted by Crippen LogP contribution is -2.39. The van der Waals surface area contributed by atoms with E-state index >= 15 is 0 Å². The molecule has 0 spiro atoms. The summed E-state index contributed by atoms with van der Waals surface area (Å²) in [6.45, 7) is 1.56. The van der Waals surface area contributed by atoms with Crippen LogP contribution < -0.4 is 5.73 Å². The van der Waals surface area contributed by atoms with Crippen molar-refractivity contribution in [3.8, 4) is 0 Å². The zero-order chi connectivity index (χ0) is 8.97. The van der Waals surface area contributed by atoms with Crippen LogP contribution >= 0.6 is 12.2 Å². The molecule has 2 N–H and O–H groups in total. The second kappa shape index (κ2) is 4.72. The fraction of sp³-hybridized carbons (Fsp3) is 0.875. The van der Waals surface area contributed by atoms with E-state index in [1.807, 2.05) is 0 Å². The van der Waals surface area contributed by atoms with Gasteiger partial charge in [0, 0.05) is 6.54 Å². The van der Waals surface area contributed by atoms with Crippen LogP contribution in [-0.4, -0.2) is 35.7 Å². The van der Waals surface area contributed by atoms with Crippen molar-refractivity contribution in [2.45, 2.75) is 25.3 Å². The molecule has 1 unspecified atom stereocenters. The maximum absolute atomic E-state index is 11.9. The third-order valence-electron chi connectivity index (χ3n) is 2.27. The minimum absolute atomic E-state index is 0.228. The normalized spacial score (nSPS) is 24.6. The number of hydrogen-bond donors (Lipinski definition) is 1. The van der Waals surface area contributed by atoms with Crippen LogP contribution in [0.3, 0.4) is 0 Å². The number of likely N-dealkylation sites (tertiary alicyclic amines) is 1. The van der Waals surface area contributed by atoms with Crippen molar-refractivity contribution in [3.63, 3.8) is 0 Å². The number of rotatable bonds is 4. The Morgan fingerprint density at radius 2 is 2.42 bits per heavy atom. The van der Waals surface area contributed by atoms with Gasteiger partial charge in [0.15, 0.2) is 0 Å². The molecular formula is C8H15FN2S. The highest BCUT2D eigenvalue weighted by Gasteiger charge is 2.25. The molecule has 1 fully saturated rings. The number of halogens is 1. The van der Waals surface area contributed by atoms with Crippen molar-refractivity contribution in [2.75, 3.05) is 19.8 Å². The third kappa shape index (κ3) is 2.38. The third-order valence-corrected chi connectivity index (χ3v) is 2.54. The summed E-state index contributed by atoms with van der Waals surface area (Å²) in [5, 5.41) is 0. The average Bonchev–Trinajstić information content (AvgIpc) is 2.48. The van der Waals surface area contributed by atoms with Gasteiger partial charge in [0.1, 0.15) is 0 Å². The molecule has 1 atom stereocenters. The van der Waals surface area contributed by atoms with E-state index in [4.69, 9.17) is 18.0 Å². The lowest BCUT2D eigenvalue weighted by molar-refractivity contribution is 0.283. The van der Waals surface area contributed by atoms with Gasteiger partial charge in [-0.05, 0) is 25.8 Å². The monoisotopic (exact) mass is 190 g/mol. The van der Waals surface area contributed by atoms with E-state index in [1.54, 1.807) is 0 Å². The van der Waals surface area contributed by atoms with Crippen LogP contribution in [0, 0.1) is 0 Å². The van der Waals surface area contributed by atoms with Gasteiger partial charge in [-0.25, -0.2) is 0 Å². The summed E-state index contributed by atoms with van der Waals surface area (Å²) in [5.74, 6) is 0. The first-order valence-corrected chi connectivity index (χ1v) is 4.76. The first kappa shape index (κ1) is 9.86. The van der Waals surface area contributed by atoms with Crippen molar-refractivity contribution < 1.29 is 4.39 Å². The predicted molar refractivity (Wildman–Crippen MR) is 52.0 cm³/mol. The second-order valence-electron chi connectivity index (χ2n) is 3.14. The highest BCUT2D eigenvalue weighted by molar-refractivity contribution is 7.80. The van der Waals surface area contributed by atoms with E-state index in [0.717, 1.165) is 25.9 Å². The second-order valence-corrected chi connectivity index (χ2v) is 3.61. The Labute approximate surface area is 77.9 Å². The van der Waals surface area contributed by atoms with Crippen molar-refractivity contribution in [1.29, 1.82) is 0 Å². The number of nitrogens with two attached hydrogens (primary N) is 1. The van der Waals surface area contributed by atoms with Crippen molar-refractivity contribution in [3.05, 3.63) is 0 Å². The summed E-state index contributed by atoms with van der Waals surface area (Å²) in [7, 11) is 0. The van der Waals surface area contributed by atoms with E-state index < -0.39 is 0 Å². The molecular weight excluding hydrogens is 175 g/mol. The molecule has 1 rings (SSSR count). The van der Waals surface area contributed by atoms with Crippen molar-refractivity contribution >= 4 is 17.2 Å². The SMILES string of the molecule is NC(=S)C1CCCN1CCCF. The Hall–Kier alpha value is -0.220. The van der Waals surface area contributed by atoms with Crippen LogP contribution in [0.25, 0.3) is 0 Å². The van der Waals surface area contributed by atoms with Gasteiger partial charge in [-0.3, -0.25) is 9.29 Å². The van der Waals surface area contributed by atoms with Gasteiger partial charge in [-0.2, -0.15) is 0 Å². The van der Waals surface area contributed by atoms with Gasteiger partial charge < -0.3 is 5.73 Å². The highest BCUT2D eigenvalue weighted by Crippen LogP contribution is 2.17. The summed E-state index contributed by atoms with van der Waals surface area (Å²) in [4.78, 5) is 2.74. The van der Waals surface area contributed by atoms with Gasteiger partial charge >= 0.3 is 0 Å². The summed E-state index contributed by atoms with van der Waals surface area (Å²) in [6, 6.07) is 0.228. The van der Waals surface area contributed by atoms with Gasteiger partial charge in [0.2, 0.25) is 0 Å². The number of hydrogen-bond acceptors (Lipinski definition) is 2. The maximum atomic E-state index is 11.9. The maximum Gasteiger partial charge on any atom is 0.0906 e. The Morgan fingerprint density at radius 3 is 3.00 bits per heavy atom. The number of alkyl halides is 1. The van der Waals surface area contributed by atoms with Crippen LogP contribution in [-0.2, 0) is 0 Å². The van der Waals surface area contributed by atoms with E-state index in [0.29, 0.717) is 11.4 Å². The molecule has 12 heavy (non-hydrogen) atoms. The van der Waals surface area contributed by atoms with Crippen LogP contribution in [0.5, 0.6) is 0 Å². The fourth-order valence-corrected chi connectivity index (χ4v) is 1.95. The molecule has 0 aromatic rings. The molecule has 0 saturated carbocycles. The van der Waals surface area contributed by atoms with Gasteiger partial charge in [-0.1, -0.05) is 12.2 Å². The fourth-order valence-electron chi connectivity index (χ4n) is 1.68. The number of thiocarbonyl (C=S) groups is 1. The quantitative estimate of drug-likeness (QED) is 0.673. The minimum Gasteiger partial charge on any atom is -0.392 e. The van der Waals surface area contributed by atoms with Gasteiger partial charge in [0.05, 0.1) is 17.7 Å². The van der Waals surface area contributed by atoms with Crippen LogP contribution in [0.1, 0.15) is 19.3 Å². The summed E-state index contributed by atoms with van der Waals surface area (Å²) >= 11 is 4.93. The lowest BCUT2D eigenvalue weighted by atomic mass is 10.2. The first-order valence-electron chi connectivity index (χ1n) is 4.35. The van der Waals surface area contributed by atoms with E-state index in [2.05, 4.69) is 4.90 Å². The van der Waals surface area contributed by atoms with Crippen molar-refractivity contribution in [1.82, 2.24) is 4.90 Å². The van der Waals surface area contributed by atoms with Crippen LogP contribution in [0.15, 0.2) is 0 Å². The molecule has 1 aliphatic heterocycles. The standard InChI is InChI=1S/C8H15FN2S/c9-4-2-6-11-5-1-3-7(11)8(10)12/h7H,1-6H2,(H2,10,12). The summed E-state index contributed by atoms with van der Waals surface area (Å²) < 4.78 is 11.9. The molecule has 4 heteroatoms. The van der Waals surface area contributed by atoms with Crippen LogP contribution in [0.2, 0.25) is 0 Å².